The van der Waals surface area contributed by atoms with Gasteiger partial charge in [-0.25, -0.2) is 0 Å². The highest BCUT2D eigenvalue weighted by Gasteiger charge is 1.97. The molecule has 0 fully saturated rings. The van der Waals surface area contributed by atoms with Gasteiger partial charge in [0.25, 0.3) is 0 Å². The molecule has 0 atom stereocenters. The normalized spacial score (nSPS) is 9.79. The summed E-state index contributed by atoms with van der Waals surface area (Å²) in [5.74, 6) is 0. The van der Waals surface area contributed by atoms with Gasteiger partial charge in [-0.2, -0.15) is 0 Å². The highest BCUT2D eigenvalue weighted by molar-refractivity contribution is 7.98. The largest absolute Gasteiger partial charge is 0.260 e. The first-order valence-electron chi connectivity index (χ1n) is 4.91. The molecule has 14 heavy (non-hydrogen) atoms. The SMILES string of the molecule is CC.CC=Nc1cc(C)ccc1SC. The van der Waals surface area contributed by atoms with E-state index in [4.69, 9.17) is 0 Å². The van der Waals surface area contributed by atoms with Crippen LogP contribution in [0.3, 0.4) is 0 Å². The molecule has 0 aliphatic carbocycles. The Labute approximate surface area is 91.6 Å². The average molecular weight is 209 g/mol. The van der Waals surface area contributed by atoms with Crippen molar-refractivity contribution in [1.29, 1.82) is 0 Å². The molecule has 1 rings (SSSR count). The van der Waals surface area contributed by atoms with Crippen LogP contribution in [-0.2, 0) is 0 Å². The molecule has 0 unspecified atom stereocenters. The van der Waals surface area contributed by atoms with E-state index in [1.54, 1.807) is 11.8 Å². The van der Waals surface area contributed by atoms with Gasteiger partial charge in [0.1, 0.15) is 0 Å². The van der Waals surface area contributed by atoms with Crippen LogP contribution in [0, 0.1) is 6.92 Å². The number of aliphatic imine (C=N–C) groups is 1. The lowest BCUT2D eigenvalue weighted by Gasteiger charge is -2.02. The summed E-state index contributed by atoms with van der Waals surface area (Å²) >= 11 is 1.73. The fraction of sp³-hybridized carbons (Fsp3) is 0.417. The van der Waals surface area contributed by atoms with Crippen LogP contribution in [-0.4, -0.2) is 12.5 Å². The van der Waals surface area contributed by atoms with Crippen LogP contribution in [0.5, 0.6) is 0 Å². The molecule has 1 nitrogen and oxygen atoms in total. The minimum Gasteiger partial charge on any atom is -0.260 e. The van der Waals surface area contributed by atoms with Crippen molar-refractivity contribution >= 4 is 23.7 Å². The zero-order valence-corrected chi connectivity index (χ0v) is 10.5. The summed E-state index contributed by atoms with van der Waals surface area (Å²) < 4.78 is 0. The molecule has 0 bridgehead atoms. The van der Waals surface area contributed by atoms with Gasteiger partial charge in [0.05, 0.1) is 5.69 Å². The molecule has 0 heterocycles. The highest BCUT2D eigenvalue weighted by Crippen LogP contribution is 2.28. The Kier molecular flexibility index (Phi) is 7.21. The molecular formula is C12H19NS. The average Bonchev–Trinajstić information content (AvgIpc) is 2.22. The van der Waals surface area contributed by atoms with E-state index in [1.165, 1.54) is 10.5 Å². The Hall–Kier alpha value is -0.760. The monoisotopic (exact) mass is 209 g/mol. The number of hydrogen-bond donors (Lipinski definition) is 0. The Morgan fingerprint density at radius 2 is 1.93 bits per heavy atom. The summed E-state index contributed by atoms with van der Waals surface area (Å²) in [7, 11) is 0. The van der Waals surface area contributed by atoms with Gasteiger partial charge in [0.15, 0.2) is 0 Å². The Bertz CT molecular complexity index is 292. The lowest BCUT2D eigenvalue weighted by Crippen LogP contribution is -1.76. The Morgan fingerprint density at radius 3 is 2.43 bits per heavy atom. The molecule has 0 aromatic heterocycles. The fourth-order valence-electron chi connectivity index (χ4n) is 1.04. The molecule has 0 aliphatic heterocycles. The number of benzene rings is 1. The third-order valence-electron chi connectivity index (χ3n) is 1.60. The van der Waals surface area contributed by atoms with Crippen LogP contribution in [0.2, 0.25) is 0 Å². The summed E-state index contributed by atoms with van der Waals surface area (Å²) in [6.07, 6.45) is 3.90. The first-order valence-corrected chi connectivity index (χ1v) is 6.13. The second-order valence-corrected chi connectivity index (χ2v) is 3.41. The van der Waals surface area contributed by atoms with Gasteiger partial charge >= 0.3 is 0 Å². The van der Waals surface area contributed by atoms with Gasteiger partial charge in [0, 0.05) is 11.1 Å². The molecule has 0 radical (unpaired) electrons. The van der Waals surface area contributed by atoms with Gasteiger partial charge in [-0.15, -0.1) is 11.8 Å². The molecule has 0 N–H and O–H groups in total. The fourth-order valence-corrected chi connectivity index (χ4v) is 1.56. The molecule has 2 heteroatoms. The van der Waals surface area contributed by atoms with Crippen LogP contribution in [0.4, 0.5) is 5.69 Å². The summed E-state index contributed by atoms with van der Waals surface area (Å²) in [6, 6.07) is 6.33. The van der Waals surface area contributed by atoms with E-state index in [2.05, 4.69) is 36.4 Å². The first-order chi connectivity index (χ1) is 6.77. The van der Waals surface area contributed by atoms with E-state index in [1.807, 2.05) is 27.0 Å². The van der Waals surface area contributed by atoms with Crippen molar-refractivity contribution in [1.82, 2.24) is 0 Å². The molecule has 1 aromatic carbocycles. The van der Waals surface area contributed by atoms with Crippen LogP contribution in [0.15, 0.2) is 28.1 Å². The second-order valence-electron chi connectivity index (χ2n) is 2.56. The second kappa shape index (κ2) is 7.63. The van der Waals surface area contributed by atoms with Crippen LogP contribution in [0.25, 0.3) is 0 Å². The van der Waals surface area contributed by atoms with Crippen molar-refractivity contribution in [2.24, 2.45) is 4.99 Å². The predicted molar refractivity (Wildman–Crippen MR) is 68.1 cm³/mol. The maximum Gasteiger partial charge on any atom is 0.0763 e. The van der Waals surface area contributed by atoms with Gasteiger partial charge in [-0.1, -0.05) is 19.9 Å². The number of hydrogen-bond acceptors (Lipinski definition) is 2. The standard InChI is InChI=1S/C10H13NS.C2H6/c1-4-11-9-7-8(2)5-6-10(9)12-3;1-2/h4-7H,1-3H3;1-2H3. The number of rotatable bonds is 2. The molecule has 0 saturated carbocycles. The van der Waals surface area contributed by atoms with Crippen molar-refractivity contribution in [3.05, 3.63) is 23.8 Å². The summed E-state index contributed by atoms with van der Waals surface area (Å²) in [5, 5.41) is 0. The lowest BCUT2D eigenvalue weighted by atomic mass is 10.2. The lowest BCUT2D eigenvalue weighted by molar-refractivity contribution is 1.33. The third kappa shape index (κ3) is 3.97. The van der Waals surface area contributed by atoms with Crippen molar-refractivity contribution in [3.63, 3.8) is 0 Å². The maximum atomic E-state index is 4.29. The molecule has 78 valence electrons. The topological polar surface area (TPSA) is 12.4 Å². The Morgan fingerprint density at radius 1 is 1.29 bits per heavy atom. The molecule has 0 saturated heterocycles. The van der Waals surface area contributed by atoms with Crippen LogP contribution < -0.4 is 0 Å². The molecule has 1 aromatic rings. The van der Waals surface area contributed by atoms with E-state index in [0.29, 0.717) is 0 Å². The third-order valence-corrected chi connectivity index (χ3v) is 2.39. The van der Waals surface area contributed by atoms with Crippen LogP contribution >= 0.6 is 11.8 Å². The minimum absolute atomic E-state index is 1.07. The minimum atomic E-state index is 1.07. The van der Waals surface area contributed by atoms with E-state index >= 15 is 0 Å². The quantitative estimate of drug-likeness (QED) is 0.517. The smallest absolute Gasteiger partial charge is 0.0763 e. The number of nitrogens with zero attached hydrogens (tertiary/aromatic N) is 1. The van der Waals surface area contributed by atoms with Crippen molar-refractivity contribution in [2.75, 3.05) is 6.26 Å². The predicted octanol–water partition coefficient (Wildman–Crippen LogP) is 4.47. The van der Waals surface area contributed by atoms with Gasteiger partial charge in [0.2, 0.25) is 0 Å². The van der Waals surface area contributed by atoms with Crippen molar-refractivity contribution < 1.29 is 0 Å². The van der Waals surface area contributed by atoms with Crippen LogP contribution in [0.1, 0.15) is 26.3 Å². The molecule has 0 aliphatic rings. The van der Waals surface area contributed by atoms with E-state index in [0.717, 1.165) is 5.69 Å². The van der Waals surface area contributed by atoms with Gasteiger partial charge in [-0.3, -0.25) is 4.99 Å². The number of thioether (sulfide) groups is 1. The van der Waals surface area contributed by atoms with E-state index in [9.17, 15) is 0 Å². The Balaban J connectivity index is 0.000000791. The molecule has 0 spiro atoms. The maximum absolute atomic E-state index is 4.29. The van der Waals surface area contributed by atoms with Crippen molar-refractivity contribution in [3.8, 4) is 0 Å². The van der Waals surface area contributed by atoms with Gasteiger partial charge in [-0.05, 0) is 37.8 Å². The number of aryl methyl sites for hydroxylation is 1. The van der Waals surface area contributed by atoms with Crippen molar-refractivity contribution in [2.45, 2.75) is 32.6 Å². The zero-order chi connectivity index (χ0) is 11.0. The summed E-state index contributed by atoms with van der Waals surface area (Å²) in [6.45, 7) is 8.02. The zero-order valence-electron chi connectivity index (χ0n) is 9.66. The van der Waals surface area contributed by atoms with E-state index in [-0.39, 0.29) is 0 Å². The first kappa shape index (κ1) is 13.2. The summed E-state index contributed by atoms with van der Waals surface area (Å²) in [5.41, 5.74) is 2.33. The van der Waals surface area contributed by atoms with E-state index < -0.39 is 0 Å². The van der Waals surface area contributed by atoms with Gasteiger partial charge < -0.3 is 0 Å². The summed E-state index contributed by atoms with van der Waals surface area (Å²) in [4.78, 5) is 5.53. The molecular weight excluding hydrogens is 190 g/mol. The molecule has 0 amide bonds. The highest BCUT2D eigenvalue weighted by atomic mass is 32.2.